The minimum absolute atomic E-state index is 0.284. The van der Waals surface area contributed by atoms with Crippen molar-refractivity contribution in [2.45, 2.75) is 77.2 Å². The first kappa shape index (κ1) is 29.2. The molecule has 2 aromatic carbocycles. The van der Waals surface area contributed by atoms with E-state index >= 15 is 0 Å². The minimum atomic E-state index is 0.284. The van der Waals surface area contributed by atoms with Crippen molar-refractivity contribution in [1.82, 2.24) is 9.97 Å². The number of Topliss-reactive ketones (excluding diaryl/α,β-unsaturated/α-hetero) is 1. The number of aromatic nitrogens is 2. The Bertz CT molecular complexity index is 1520. The van der Waals surface area contributed by atoms with E-state index in [1.807, 2.05) is 48.5 Å². The molecule has 2 saturated carbocycles. The van der Waals surface area contributed by atoms with Crippen molar-refractivity contribution in [1.29, 1.82) is 0 Å². The summed E-state index contributed by atoms with van der Waals surface area (Å²) in [6.07, 6.45) is 12.3. The molecule has 7 nitrogen and oxygen atoms in total. The van der Waals surface area contributed by atoms with Gasteiger partial charge >= 0.3 is 0 Å². The Morgan fingerprint density at radius 3 is 2.14 bits per heavy atom. The van der Waals surface area contributed by atoms with E-state index in [1.54, 1.807) is 20.5 Å². The van der Waals surface area contributed by atoms with E-state index in [0.717, 1.165) is 89.6 Å². The van der Waals surface area contributed by atoms with Gasteiger partial charge in [-0.3, -0.25) is 4.79 Å². The van der Waals surface area contributed by atoms with Crippen LogP contribution in [0.5, 0.6) is 11.5 Å². The number of methoxy groups -OCH3 is 2. The highest BCUT2D eigenvalue weighted by Gasteiger charge is 2.28. The third-order valence-electron chi connectivity index (χ3n) is 9.48. The van der Waals surface area contributed by atoms with Gasteiger partial charge in [-0.1, -0.05) is 38.3 Å². The Balaban J connectivity index is 1.20. The molecule has 2 aliphatic carbocycles. The van der Waals surface area contributed by atoms with E-state index in [0.29, 0.717) is 23.3 Å². The molecule has 6 rings (SSSR count). The molecule has 0 spiro atoms. The number of ether oxygens (including phenoxy) is 2. The molecule has 0 aliphatic heterocycles. The third-order valence-corrected chi connectivity index (χ3v) is 9.48. The van der Waals surface area contributed by atoms with Gasteiger partial charge in [0.1, 0.15) is 35.2 Å². The fourth-order valence-corrected chi connectivity index (χ4v) is 7.20. The molecule has 2 aromatic heterocycles. The van der Waals surface area contributed by atoms with Gasteiger partial charge in [-0.15, -0.1) is 0 Å². The standard InChI is InChI=1S/C36H43N3O4/c1-23-5-4-6-25(19-23)21-29(40)20-24-7-13-28(14-8-24)39-35-33-32(26-9-15-30(41-2)16-10-26)34(43-36(33)38-22-37-35)27-11-17-31(42-3)18-12-27/h9-12,15-18,22-25,28H,4-8,13-14,19-21H2,1-3H3,(H,37,38,39). The average Bonchev–Trinajstić information content (AvgIpc) is 3.43. The highest BCUT2D eigenvalue weighted by atomic mass is 16.5. The van der Waals surface area contributed by atoms with E-state index in [9.17, 15) is 4.79 Å². The highest BCUT2D eigenvalue weighted by molar-refractivity contribution is 6.06. The first-order valence-corrected chi connectivity index (χ1v) is 15.8. The molecule has 4 aromatic rings. The zero-order valence-corrected chi connectivity index (χ0v) is 25.6. The van der Waals surface area contributed by atoms with Crippen LogP contribution >= 0.6 is 0 Å². The zero-order valence-electron chi connectivity index (χ0n) is 25.6. The lowest BCUT2D eigenvalue weighted by Gasteiger charge is -2.30. The minimum Gasteiger partial charge on any atom is -0.497 e. The number of nitrogens with one attached hydrogen (secondary N) is 1. The molecule has 0 amide bonds. The van der Waals surface area contributed by atoms with Crippen LogP contribution in [-0.4, -0.2) is 36.0 Å². The summed E-state index contributed by atoms with van der Waals surface area (Å²) in [6, 6.07) is 16.2. The number of anilines is 1. The Labute approximate surface area is 254 Å². The van der Waals surface area contributed by atoms with Crippen LogP contribution in [0.4, 0.5) is 5.82 Å². The van der Waals surface area contributed by atoms with Crippen molar-refractivity contribution in [2.75, 3.05) is 19.5 Å². The molecule has 0 saturated heterocycles. The summed E-state index contributed by atoms with van der Waals surface area (Å²) in [5.74, 6) is 5.44. The summed E-state index contributed by atoms with van der Waals surface area (Å²) in [5, 5.41) is 4.62. The maximum absolute atomic E-state index is 12.9. The number of furan rings is 1. The fraction of sp³-hybridized carbons (Fsp3) is 0.472. The number of hydrogen-bond donors (Lipinski definition) is 1. The maximum Gasteiger partial charge on any atom is 0.232 e. The Hall–Kier alpha value is -3.87. The predicted octanol–water partition coefficient (Wildman–Crippen LogP) is 8.72. The van der Waals surface area contributed by atoms with Crippen LogP contribution in [0, 0.1) is 17.8 Å². The predicted molar refractivity (Wildman–Crippen MR) is 171 cm³/mol. The molecule has 2 heterocycles. The first-order valence-electron chi connectivity index (χ1n) is 15.8. The molecule has 2 atom stereocenters. The molecule has 7 heteroatoms. The van der Waals surface area contributed by atoms with Crippen LogP contribution in [0.25, 0.3) is 33.6 Å². The molecule has 1 N–H and O–H groups in total. The number of ketones is 1. The Morgan fingerprint density at radius 1 is 0.837 bits per heavy atom. The summed E-state index contributed by atoms with van der Waals surface area (Å²) in [4.78, 5) is 22.2. The van der Waals surface area contributed by atoms with Gasteiger partial charge < -0.3 is 19.2 Å². The molecule has 0 radical (unpaired) electrons. The summed E-state index contributed by atoms with van der Waals surface area (Å²) in [6.45, 7) is 2.33. The van der Waals surface area contributed by atoms with Crippen molar-refractivity contribution >= 4 is 22.7 Å². The molecule has 2 unspecified atom stereocenters. The van der Waals surface area contributed by atoms with E-state index in [4.69, 9.17) is 18.9 Å². The number of hydrogen-bond acceptors (Lipinski definition) is 7. The quantitative estimate of drug-likeness (QED) is 0.200. The molecule has 226 valence electrons. The van der Waals surface area contributed by atoms with Crippen molar-refractivity contribution < 1.29 is 18.7 Å². The summed E-state index contributed by atoms with van der Waals surface area (Å²) in [7, 11) is 3.33. The van der Waals surface area contributed by atoms with Crippen LogP contribution < -0.4 is 14.8 Å². The Morgan fingerprint density at radius 2 is 1.49 bits per heavy atom. The number of carbonyl (C=O) groups excluding carboxylic acids is 1. The monoisotopic (exact) mass is 581 g/mol. The summed E-state index contributed by atoms with van der Waals surface area (Å²) < 4.78 is 17.2. The number of carbonyl (C=O) groups is 1. The van der Waals surface area contributed by atoms with Crippen molar-refractivity contribution in [3.05, 3.63) is 54.9 Å². The first-order chi connectivity index (χ1) is 21.0. The lowest BCUT2D eigenvalue weighted by molar-refractivity contribution is -0.121. The average molecular weight is 582 g/mol. The molecular weight excluding hydrogens is 538 g/mol. The van der Waals surface area contributed by atoms with Crippen LogP contribution in [0.2, 0.25) is 0 Å². The molecule has 2 fully saturated rings. The SMILES string of the molecule is COc1ccc(-c2oc3ncnc(NC4CCC(CC(=O)CC5CCCC(C)C5)CC4)c3c2-c2ccc(OC)cc2)cc1. The van der Waals surface area contributed by atoms with E-state index in [2.05, 4.69) is 17.2 Å². The maximum atomic E-state index is 12.9. The van der Waals surface area contributed by atoms with Gasteiger partial charge in [0.2, 0.25) is 5.71 Å². The fourth-order valence-electron chi connectivity index (χ4n) is 7.20. The molecule has 0 bridgehead atoms. The van der Waals surface area contributed by atoms with Crippen molar-refractivity contribution in [3.8, 4) is 33.9 Å². The van der Waals surface area contributed by atoms with Gasteiger partial charge in [-0.05, 0) is 91.8 Å². The second-order valence-corrected chi connectivity index (χ2v) is 12.6. The van der Waals surface area contributed by atoms with E-state index < -0.39 is 0 Å². The highest BCUT2D eigenvalue weighted by Crippen LogP contribution is 2.44. The zero-order chi connectivity index (χ0) is 29.8. The van der Waals surface area contributed by atoms with Crippen LogP contribution in [0.3, 0.4) is 0 Å². The number of rotatable bonds is 10. The topological polar surface area (TPSA) is 86.5 Å². The molecular formula is C36H43N3O4. The summed E-state index contributed by atoms with van der Waals surface area (Å²) >= 11 is 0. The summed E-state index contributed by atoms with van der Waals surface area (Å²) in [5.41, 5.74) is 3.42. The number of benzene rings is 2. The van der Waals surface area contributed by atoms with E-state index in [-0.39, 0.29) is 6.04 Å². The van der Waals surface area contributed by atoms with E-state index in [1.165, 1.54) is 25.7 Å². The van der Waals surface area contributed by atoms with Gasteiger partial charge in [-0.2, -0.15) is 0 Å². The van der Waals surface area contributed by atoms with Crippen LogP contribution in [-0.2, 0) is 4.79 Å². The smallest absolute Gasteiger partial charge is 0.232 e. The Kier molecular flexibility index (Phi) is 8.96. The lowest BCUT2D eigenvalue weighted by atomic mass is 9.78. The largest absolute Gasteiger partial charge is 0.497 e. The second-order valence-electron chi connectivity index (χ2n) is 12.6. The normalized spacial score (nSPS) is 22.3. The van der Waals surface area contributed by atoms with Crippen LogP contribution in [0.15, 0.2) is 59.3 Å². The molecule has 2 aliphatic rings. The van der Waals surface area contributed by atoms with Gasteiger partial charge in [0, 0.05) is 30.0 Å². The van der Waals surface area contributed by atoms with Crippen LogP contribution in [0.1, 0.15) is 71.1 Å². The van der Waals surface area contributed by atoms with Gasteiger partial charge in [0.15, 0.2) is 0 Å². The number of fused-ring (bicyclic) bond motifs is 1. The van der Waals surface area contributed by atoms with Gasteiger partial charge in [0.05, 0.1) is 19.6 Å². The molecule has 43 heavy (non-hydrogen) atoms. The third kappa shape index (κ3) is 6.71. The van der Waals surface area contributed by atoms with Crippen molar-refractivity contribution in [3.63, 3.8) is 0 Å². The number of nitrogens with zero attached hydrogens (tertiary/aromatic N) is 2. The van der Waals surface area contributed by atoms with Crippen molar-refractivity contribution in [2.24, 2.45) is 17.8 Å². The second kappa shape index (κ2) is 13.2. The van der Waals surface area contributed by atoms with Gasteiger partial charge in [-0.25, -0.2) is 9.97 Å². The lowest BCUT2D eigenvalue weighted by Crippen LogP contribution is -2.28. The van der Waals surface area contributed by atoms with Gasteiger partial charge in [0.25, 0.3) is 0 Å².